The Morgan fingerprint density at radius 3 is 2.23 bits per heavy atom. The van der Waals surface area contributed by atoms with Gasteiger partial charge in [0.1, 0.15) is 31.0 Å². The van der Waals surface area contributed by atoms with Crippen molar-refractivity contribution in [3.8, 4) is 22.5 Å². The molecule has 3 aromatic rings. The Hall–Kier alpha value is -5.61. The molecule has 3 aliphatic rings. The van der Waals surface area contributed by atoms with Gasteiger partial charge in [-0.15, -0.1) is 0 Å². The van der Waals surface area contributed by atoms with Gasteiger partial charge in [0.05, 0.1) is 22.0 Å². The van der Waals surface area contributed by atoms with Gasteiger partial charge >= 0.3 is 11.7 Å². The van der Waals surface area contributed by atoms with Crippen molar-refractivity contribution in [3.05, 3.63) is 107 Å². The van der Waals surface area contributed by atoms with E-state index in [1.807, 2.05) is 49.3 Å². The molecular formula is C45H55N7O4+2. The van der Waals surface area contributed by atoms with E-state index in [-0.39, 0.29) is 18.2 Å². The van der Waals surface area contributed by atoms with E-state index in [9.17, 15) is 9.59 Å². The Morgan fingerprint density at radius 1 is 0.857 bits per heavy atom. The van der Waals surface area contributed by atoms with Crippen molar-refractivity contribution in [2.45, 2.75) is 34.2 Å². The maximum atomic E-state index is 14.4. The molecule has 1 saturated heterocycles. The molecule has 11 heteroatoms. The van der Waals surface area contributed by atoms with Crippen LogP contribution in [-0.2, 0) is 16.1 Å². The minimum absolute atomic E-state index is 0.0128. The summed E-state index contributed by atoms with van der Waals surface area (Å²) in [6.45, 7) is 16.0. The number of hydrogen-bond acceptors (Lipinski definition) is 8. The van der Waals surface area contributed by atoms with E-state index in [0.717, 1.165) is 82.8 Å². The molecule has 0 atom stereocenters. The topological polar surface area (TPSA) is 110 Å². The molecule has 6 rings (SSSR count). The summed E-state index contributed by atoms with van der Waals surface area (Å²) in [4.78, 5) is 39.2. The second-order valence-electron chi connectivity index (χ2n) is 14.4. The molecule has 1 aliphatic carbocycles. The maximum absolute atomic E-state index is 14.4. The van der Waals surface area contributed by atoms with E-state index in [1.54, 1.807) is 12.1 Å². The SMILES string of the molecule is CCN(CC)c1ccc2c(-c3ccccc3C(=O)N3CCN(CCOC(=O)C(=[N+]=N)c4ccc(CN(C)C)cc4)CC3)c3ccc(=[N+](CC)CC)cc-3oc2c1. The van der Waals surface area contributed by atoms with Crippen molar-refractivity contribution in [3.63, 3.8) is 0 Å². The van der Waals surface area contributed by atoms with Gasteiger partial charge in [0.15, 0.2) is 0 Å². The Morgan fingerprint density at radius 2 is 1.57 bits per heavy atom. The lowest BCUT2D eigenvalue weighted by Crippen LogP contribution is -2.49. The number of carbonyl (C=O) groups is 2. The van der Waals surface area contributed by atoms with Crippen molar-refractivity contribution in [1.29, 1.82) is 5.53 Å². The first-order valence-corrected chi connectivity index (χ1v) is 19.8. The Bertz CT molecular complexity index is 2250. The van der Waals surface area contributed by atoms with E-state index < -0.39 is 5.97 Å². The Kier molecular flexibility index (Phi) is 13.1. The number of piperazine rings is 1. The molecule has 2 aliphatic heterocycles. The molecule has 0 spiro atoms. The number of amides is 1. The molecule has 0 unspecified atom stereocenters. The highest BCUT2D eigenvalue weighted by Crippen LogP contribution is 2.42. The number of esters is 1. The second-order valence-corrected chi connectivity index (χ2v) is 14.4. The number of carbonyl (C=O) groups excluding carboxylic acids is 2. The van der Waals surface area contributed by atoms with Crippen LogP contribution >= 0.6 is 0 Å². The molecule has 292 valence electrons. The van der Waals surface area contributed by atoms with E-state index in [2.05, 4.69) is 94.2 Å². The molecule has 0 aromatic heterocycles. The molecule has 0 bridgehead atoms. The quantitative estimate of drug-likeness (QED) is 0.0372. The average Bonchev–Trinajstić information content (AvgIpc) is 3.21. The smallest absolute Gasteiger partial charge is 0.455 e. The molecule has 2 heterocycles. The summed E-state index contributed by atoms with van der Waals surface area (Å²) in [5.41, 5.74) is 14.6. The van der Waals surface area contributed by atoms with Gasteiger partial charge in [-0.1, -0.05) is 30.3 Å². The standard InChI is InChI=1S/C45H55N7O4/c1-7-50(8-2)34-19-21-38-40(29-34)56-41-30-35(51(9-3)10-4)20-22-39(41)42(38)36-13-11-12-14-37(36)44(53)52-25-23-49(24-26-52)27-28-55-45(54)43(47-46)33-17-15-32(16-18-33)31-48(5)6/h11-22,29-30,46H,7-10,23-28,31H2,1-6H3/q+2. The van der Waals surface area contributed by atoms with Crippen LogP contribution in [0, 0.1) is 5.53 Å². The third-order valence-corrected chi connectivity index (χ3v) is 10.7. The molecular weight excluding hydrogens is 703 g/mol. The second kappa shape index (κ2) is 18.3. The predicted octanol–water partition coefficient (Wildman–Crippen LogP) is 5.95. The first-order valence-electron chi connectivity index (χ1n) is 19.8. The highest BCUT2D eigenvalue weighted by molar-refractivity contribution is 6.40. The molecule has 1 fully saturated rings. The molecule has 11 nitrogen and oxygen atoms in total. The van der Waals surface area contributed by atoms with Gasteiger partial charge < -0.3 is 23.9 Å². The number of nitrogens with zero attached hydrogens (tertiary/aromatic N) is 6. The predicted molar refractivity (Wildman–Crippen MR) is 222 cm³/mol. The lowest BCUT2D eigenvalue weighted by atomic mass is 9.90. The van der Waals surface area contributed by atoms with Gasteiger partial charge in [-0.05, 0) is 89.3 Å². The van der Waals surface area contributed by atoms with Crippen molar-refractivity contribution in [2.24, 2.45) is 0 Å². The van der Waals surface area contributed by atoms with Gasteiger partial charge in [0, 0.05) is 92.3 Å². The number of ether oxygens (including phenoxy) is 1. The van der Waals surface area contributed by atoms with Crippen LogP contribution in [0.5, 0.6) is 0 Å². The summed E-state index contributed by atoms with van der Waals surface area (Å²) >= 11 is 0. The zero-order valence-corrected chi connectivity index (χ0v) is 33.7. The molecule has 1 amide bonds. The number of nitrogens with one attached hydrogen (secondary N) is 1. The van der Waals surface area contributed by atoms with Crippen molar-refractivity contribution >= 4 is 34.2 Å². The maximum Gasteiger partial charge on any atom is 0.455 e. The minimum atomic E-state index is -0.618. The van der Waals surface area contributed by atoms with E-state index in [1.165, 1.54) is 0 Å². The first kappa shape index (κ1) is 40.1. The summed E-state index contributed by atoms with van der Waals surface area (Å²) in [5, 5.41) is 2.06. The van der Waals surface area contributed by atoms with Crippen LogP contribution < -0.4 is 14.8 Å². The fourth-order valence-electron chi connectivity index (χ4n) is 7.66. The van der Waals surface area contributed by atoms with Crippen LogP contribution in [0.1, 0.15) is 49.2 Å². The number of benzene rings is 4. The summed E-state index contributed by atoms with van der Waals surface area (Å²) in [6, 6.07) is 28.2. The fourth-order valence-corrected chi connectivity index (χ4v) is 7.66. The summed E-state index contributed by atoms with van der Waals surface area (Å²) in [5.74, 6) is 0.151. The monoisotopic (exact) mass is 757 g/mol. The molecule has 3 aromatic carbocycles. The Labute approximate surface area is 330 Å². The number of hydrogen-bond donors (Lipinski definition) is 1. The normalized spacial score (nSPS) is 13.2. The van der Waals surface area contributed by atoms with Crippen molar-refractivity contribution < 1.29 is 23.5 Å². The van der Waals surface area contributed by atoms with Crippen LogP contribution in [0.2, 0.25) is 0 Å². The van der Waals surface area contributed by atoms with E-state index in [0.29, 0.717) is 43.9 Å². The van der Waals surface area contributed by atoms with Gasteiger partial charge in [-0.2, -0.15) is 0 Å². The number of fused-ring (bicyclic) bond motifs is 2. The number of rotatable bonds is 14. The highest BCUT2D eigenvalue weighted by Gasteiger charge is 2.29. The van der Waals surface area contributed by atoms with Crippen molar-refractivity contribution in [1.82, 2.24) is 19.3 Å². The third-order valence-electron chi connectivity index (χ3n) is 10.7. The van der Waals surface area contributed by atoms with Crippen LogP contribution in [-0.4, -0.2) is 117 Å². The zero-order chi connectivity index (χ0) is 39.8. The summed E-state index contributed by atoms with van der Waals surface area (Å²) in [6.07, 6.45) is 0. The van der Waals surface area contributed by atoms with Crippen LogP contribution in [0.3, 0.4) is 0 Å². The van der Waals surface area contributed by atoms with Gasteiger partial charge in [0.2, 0.25) is 5.36 Å². The largest absolute Gasteiger partial charge is 0.456 e. The van der Waals surface area contributed by atoms with E-state index >= 15 is 0 Å². The van der Waals surface area contributed by atoms with Gasteiger partial charge in [-0.25, -0.2) is 9.37 Å². The Balaban J connectivity index is 1.20. The molecule has 1 N–H and O–H groups in total. The van der Waals surface area contributed by atoms with E-state index in [4.69, 9.17) is 14.7 Å². The average molecular weight is 758 g/mol. The summed E-state index contributed by atoms with van der Waals surface area (Å²) < 4.78 is 14.6. The lowest BCUT2D eigenvalue weighted by Gasteiger charge is -2.35. The van der Waals surface area contributed by atoms with Crippen LogP contribution in [0.4, 0.5) is 5.69 Å². The fraction of sp³-hybridized carbons (Fsp3) is 0.378. The lowest BCUT2D eigenvalue weighted by molar-refractivity contribution is -0.152. The first-order chi connectivity index (χ1) is 27.2. The highest BCUT2D eigenvalue weighted by atomic mass is 16.5. The summed E-state index contributed by atoms with van der Waals surface area (Å²) in [7, 11) is 3.99. The zero-order valence-electron chi connectivity index (χ0n) is 33.7. The van der Waals surface area contributed by atoms with Crippen LogP contribution in [0.15, 0.2) is 89.3 Å². The van der Waals surface area contributed by atoms with Crippen molar-refractivity contribution in [2.75, 3.05) is 84.5 Å². The molecule has 56 heavy (non-hydrogen) atoms. The third kappa shape index (κ3) is 8.76. The van der Waals surface area contributed by atoms with Gasteiger partial charge in [-0.3, -0.25) is 9.69 Å². The number of anilines is 1. The molecule has 0 radical (unpaired) electrons. The van der Waals surface area contributed by atoms with Gasteiger partial charge in [0.25, 0.3) is 5.91 Å². The van der Waals surface area contributed by atoms with Crippen LogP contribution in [0.25, 0.3) is 33.4 Å². The minimum Gasteiger partial charge on any atom is -0.456 e. The molecule has 0 saturated carbocycles.